The van der Waals surface area contributed by atoms with E-state index in [1.54, 1.807) is 0 Å². The van der Waals surface area contributed by atoms with Crippen molar-refractivity contribution in [3.63, 3.8) is 0 Å². The summed E-state index contributed by atoms with van der Waals surface area (Å²) in [6, 6.07) is 5.53. The summed E-state index contributed by atoms with van der Waals surface area (Å²) in [7, 11) is -4.60. The molecule has 0 bridgehead atoms. The molecule has 0 heterocycles. The van der Waals surface area contributed by atoms with Crippen molar-refractivity contribution in [2.45, 2.75) is 4.90 Å². The van der Waals surface area contributed by atoms with E-state index < -0.39 is 27.0 Å². The minimum Gasteiger partial charge on any atom is -0.478 e. The molecule has 0 aliphatic carbocycles. The first-order valence-electron chi connectivity index (χ1n) is 5.23. The van der Waals surface area contributed by atoms with Crippen molar-refractivity contribution < 1.29 is 32.8 Å². The Hall–Kier alpha value is 1.19. The molecule has 2 rings (SSSR count). The summed E-state index contributed by atoms with van der Waals surface area (Å²) in [5.41, 5.74) is -0.712. The molecule has 2 aromatic carbocycles. The first-order valence-corrected chi connectivity index (χ1v) is 6.67. The van der Waals surface area contributed by atoms with Gasteiger partial charge >= 0.3 is 11.9 Å². The van der Waals surface area contributed by atoms with Gasteiger partial charge in [0.05, 0.1) is 11.1 Å². The average molecular weight is 381 g/mol. The number of carboxylic acid groups (broad SMARTS) is 2. The zero-order valence-corrected chi connectivity index (χ0v) is 20.7. The molecule has 3 N–H and O–H groups in total. The molecule has 0 aliphatic heterocycles. The molecule has 0 unspecified atom stereocenters. The average Bonchev–Trinajstić information content (AvgIpc) is 2.34. The van der Waals surface area contributed by atoms with Crippen LogP contribution in [0.3, 0.4) is 0 Å². The Labute approximate surface area is 218 Å². The normalized spacial score (nSPS) is 9.96. The van der Waals surface area contributed by atoms with E-state index in [1.165, 1.54) is 12.1 Å². The maximum absolute atomic E-state index is 11.3. The molecule has 0 saturated carbocycles. The third kappa shape index (κ3) is 5.85. The molecule has 0 amide bonds. The second kappa shape index (κ2) is 10.4. The summed E-state index contributed by atoms with van der Waals surface area (Å²) < 4.78 is 31.7. The number of fused-ring (bicyclic) bond motifs is 1. The minimum atomic E-state index is -4.60. The van der Waals surface area contributed by atoms with Crippen molar-refractivity contribution in [3.8, 4) is 0 Å². The second-order valence-corrected chi connectivity index (χ2v) is 5.31. The van der Waals surface area contributed by atoms with E-state index in [-0.39, 0.29) is 132 Å². The van der Waals surface area contributed by atoms with Gasteiger partial charge in [0.25, 0.3) is 10.1 Å². The maximum atomic E-state index is 11.3. The molecule has 2 aromatic rings. The van der Waals surface area contributed by atoms with E-state index >= 15 is 0 Å². The molecule has 0 fully saturated rings. The van der Waals surface area contributed by atoms with Crippen molar-refractivity contribution in [1.82, 2.24) is 0 Å². The van der Waals surface area contributed by atoms with Gasteiger partial charge in [-0.05, 0) is 18.2 Å². The van der Waals surface area contributed by atoms with Gasteiger partial charge in [-0.2, -0.15) is 8.42 Å². The van der Waals surface area contributed by atoms with Gasteiger partial charge in [-0.25, -0.2) is 9.59 Å². The Balaban J connectivity index is 0. The molecule has 107 valence electrons. The van der Waals surface area contributed by atoms with Crippen molar-refractivity contribution in [3.05, 3.63) is 41.5 Å². The Morgan fingerprint density at radius 3 is 1.78 bits per heavy atom. The predicted molar refractivity (Wildman–Crippen MR) is 84.9 cm³/mol. The number of benzene rings is 2. The van der Waals surface area contributed by atoms with Crippen molar-refractivity contribution in [1.29, 1.82) is 0 Å². The fraction of sp³-hybridized carbons (Fsp3) is 0. The molecular formula is C12H8KNa2O7S. The maximum Gasteiger partial charge on any atom is 0.336 e. The van der Waals surface area contributed by atoms with E-state index in [0.717, 1.165) is 18.2 Å². The molecule has 23 heavy (non-hydrogen) atoms. The SMILES string of the molecule is O=C(O)c1cccc2c(S(=O)(=O)O)ccc(C(=O)O)c12.[K].[Na].[Na]. The molecule has 3 radical (unpaired) electrons. The van der Waals surface area contributed by atoms with Gasteiger partial charge in [-0.15, -0.1) is 0 Å². The fourth-order valence-electron chi connectivity index (χ4n) is 1.96. The van der Waals surface area contributed by atoms with E-state index in [2.05, 4.69) is 0 Å². The Kier molecular flexibility index (Phi) is 11.9. The number of rotatable bonds is 3. The van der Waals surface area contributed by atoms with Crippen LogP contribution in [0, 0.1) is 0 Å². The number of hydrogen-bond acceptors (Lipinski definition) is 4. The van der Waals surface area contributed by atoms with Crippen LogP contribution in [0.1, 0.15) is 20.7 Å². The molecule has 7 nitrogen and oxygen atoms in total. The van der Waals surface area contributed by atoms with E-state index in [1.807, 2.05) is 0 Å². The monoisotopic (exact) mass is 381 g/mol. The van der Waals surface area contributed by atoms with Gasteiger partial charge in [0, 0.05) is 121 Å². The van der Waals surface area contributed by atoms with Crippen LogP contribution in [0.2, 0.25) is 0 Å². The summed E-state index contributed by atoms with van der Waals surface area (Å²) in [6.45, 7) is 0. The first kappa shape index (κ1) is 26.4. The molecular weight excluding hydrogens is 373 g/mol. The number of carbonyl (C=O) groups is 2. The van der Waals surface area contributed by atoms with Crippen LogP contribution in [0.25, 0.3) is 10.8 Å². The van der Waals surface area contributed by atoms with Gasteiger partial charge in [0.1, 0.15) is 4.90 Å². The number of aromatic carboxylic acids is 2. The topological polar surface area (TPSA) is 129 Å². The largest absolute Gasteiger partial charge is 0.478 e. The second-order valence-electron chi connectivity index (χ2n) is 3.92. The third-order valence-electron chi connectivity index (χ3n) is 2.74. The summed E-state index contributed by atoms with van der Waals surface area (Å²) in [5.74, 6) is -2.80. The van der Waals surface area contributed by atoms with Gasteiger partial charge in [-0.3, -0.25) is 4.55 Å². The fourth-order valence-corrected chi connectivity index (χ4v) is 2.65. The first-order chi connectivity index (χ1) is 9.23. The molecule has 11 heteroatoms. The van der Waals surface area contributed by atoms with Crippen LogP contribution < -0.4 is 0 Å². The van der Waals surface area contributed by atoms with Crippen LogP contribution in [0.4, 0.5) is 0 Å². The van der Waals surface area contributed by atoms with E-state index in [4.69, 9.17) is 14.8 Å². The van der Waals surface area contributed by atoms with E-state index in [0.29, 0.717) is 0 Å². The van der Waals surface area contributed by atoms with Crippen molar-refractivity contribution in [2.24, 2.45) is 0 Å². The minimum absolute atomic E-state index is 0. The predicted octanol–water partition coefficient (Wildman–Crippen LogP) is 0.340. The molecule has 0 aliphatic rings. The third-order valence-corrected chi connectivity index (χ3v) is 3.65. The van der Waals surface area contributed by atoms with Crippen LogP contribution in [-0.4, -0.2) is 146 Å². The summed E-state index contributed by atoms with van der Waals surface area (Å²) in [4.78, 5) is 21.8. The Morgan fingerprint density at radius 2 is 1.35 bits per heavy atom. The molecule has 0 atom stereocenters. The van der Waals surface area contributed by atoms with Crippen LogP contribution >= 0.6 is 0 Å². The number of carboxylic acids is 2. The standard InChI is InChI=1S/C12H8O7S.K.2Na/c13-11(14)7-3-1-2-6-9(20(17,18)19)5-4-8(10(6)7)12(15)16;;;/h1-5H,(H,13,14)(H,15,16)(H,17,18,19);;;. The van der Waals surface area contributed by atoms with Crippen LogP contribution in [0.5, 0.6) is 0 Å². The zero-order chi connectivity index (χ0) is 15.1. The van der Waals surface area contributed by atoms with Crippen molar-refractivity contribution in [2.75, 3.05) is 0 Å². The summed E-state index contributed by atoms with van der Waals surface area (Å²) >= 11 is 0. The van der Waals surface area contributed by atoms with Gasteiger partial charge in [-0.1, -0.05) is 12.1 Å². The molecule has 0 spiro atoms. The summed E-state index contributed by atoms with van der Waals surface area (Å²) in [6.07, 6.45) is 0. The zero-order valence-electron chi connectivity index (χ0n) is 12.8. The van der Waals surface area contributed by atoms with Gasteiger partial charge < -0.3 is 10.2 Å². The molecule has 0 saturated heterocycles. The van der Waals surface area contributed by atoms with E-state index in [9.17, 15) is 18.0 Å². The van der Waals surface area contributed by atoms with Crippen LogP contribution in [-0.2, 0) is 10.1 Å². The van der Waals surface area contributed by atoms with Gasteiger partial charge in [0.15, 0.2) is 0 Å². The molecule has 0 aromatic heterocycles. The Bertz CT molecular complexity index is 832. The van der Waals surface area contributed by atoms with Gasteiger partial charge in [0.2, 0.25) is 0 Å². The quantitative estimate of drug-likeness (QED) is 0.516. The summed E-state index contributed by atoms with van der Waals surface area (Å²) in [5, 5.41) is 17.7. The van der Waals surface area contributed by atoms with Crippen molar-refractivity contribution >= 4 is 143 Å². The smallest absolute Gasteiger partial charge is 0.336 e. The Morgan fingerprint density at radius 1 is 0.870 bits per heavy atom. The number of hydrogen-bond donors (Lipinski definition) is 3. The van der Waals surface area contributed by atoms with Crippen LogP contribution in [0.15, 0.2) is 35.2 Å².